The summed E-state index contributed by atoms with van der Waals surface area (Å²) in [5.41, 5.74) is 1.42. The SMILES string of the molecule is COc1cccc(/C=C2\SC(=Nc3cccnc3Cl)N(C)C2=O)c1. The number of halogens is 1. The number of methoxy groups -OCH3 is 1. The lowest BCUT2D eigenvalue weighted by atomic mass is 10.2. The smallest absolute Gasteiger partial charge is 0.266 e. The molecule has 122 valence electrons. The fourth-order valence-corrected chi connectivity index (χ4v) is 3.24. The van der Waals surface area contributed by atoms with Gasteiger partial charge in [-0.1, -0.05) is 23.7 Å². The molecule has 1 amide bonds. The van der Waals surface area contributed by atoms with Crippen LogP contribution in [0.5, 0.6) is 5.75 Å². The number of ether oxygens (including phenoxy) is 1. The number of hydrogen-bond donors (Lipinski definition) is 0. The lowest BCUT2D eigenvalue weighted by molar-refractivity contribution is -0.121. The van der Waals surface area contributed by atoms with Crippen molar-refractivity contribution in [2.24, 2.45) is 4.99 Å². The number of rotatable bonds is 3. The Morgan fingerprint density at radius 1 is 1.33 bits per heavy atom. The number of likely N-dealkylation sites (N-methyl/N-ethyl adjacent to an activating group) is 1. The Morgan fingerprint density at radius 3 is 2.92 bits per heavy atom. The van der Waals surface area contributed by atoms with Crippen LogP contribution >= 0.6 is 23.4 Å². The van der Waals surface area contributed by atoms with Crippen LogP contribution in [0.4, 0.5) is 5.69 Å². The monoisotopic (exact) mass is 359 g/mol. The predicted molar refractivity (Wildman–Crippen MR) is 97.7 cm³/mol. The van der Waals surface area contributed by atoms with Crippen molar-refractivity contribution < 1.29 is 9.53 Å². The molecule has 2 aromatic rings. The number of thioether (sulfide) groups is 1. The number of amides is 1. The van der Waals surface area contributed by atoms with Crippen molar-refractivity contribution in [2.75, 3.05) is 14.2 Å². The number of hydrogen-bond acceptors (Lipinski definition) is 5. The van der Waals surface area contributed by atoms with Gasteiger partial charge in [-0.3, -0.25) is 9.69 Å². The molecule has 7 heteroatoms. The van der Waals surface area contributed by atoms with Crippen molar-refractivity contribution in [3.63, 3.8) is 0 Å². The fourth-order valence-electron chi connectivity index (χ4n) is 2.10. The summed E-state index contributed by atoms with van der Waals surface area (Å²) in [5.74, 6) is 0.630. The van der Waals surface area contributed by atoms with Gasteiger partial charge in [0.05, 0.1) is 12.0 Å². The molecule has 1 saturated heterocycles. The zero-order chi connectivity index (χ0) is 17.1. The molecule has 0 N–H and O–H groups in total. The van der Waals surface area contributed by atoms with Gasteiger partial charge in [0.2, 0.25) is 0 Å². The molecular weight excluding hydrogens is 346 g/mol. The van der Waals surface area contributed by atoms with E-state index in [0.717, 1.165) is 11.3 Å². The van der Waals surface area contributed by atoms with E-state index in [4.69, 9.17) is 16.3 Å². The van der Waals surface area contributed by atoms with Gasteiger partial charge in [0.1, 0.15) is 11.4 Å². The molecule has 3 rings (SSSR count). The largest absolute Gasteiger partial charge is 0.497 e. The molecule has 5 nitrogen and oxygen atoms in total. The van der Waals surface area contributed by atoms with E-state index in [-0.39, 0.29) is 5.91 Å². The van der Waals surface area contributed by atoms with E-state index in [2.05, 4.69) is 9.98 Å². The first-order valence-corrected chi connectivity index (χ1v) is 8.29. The van der Waals surface area contributed by atoms with Crippen molar-refractivity contribution in [1.82, 2.24) is 9.88 Å². The van der Waals surface area contributed by atoms with Gasteiger partial charge in [0.15, 0.2) is 10.3 Å². The molecule has 1 aliphatic rings. The molecule has 0 spiro atoms. The van der Waals surface area contributed by atoms with Gasteiger partial charge in [-0.2, -0.15) is 0 Å². The molecule has 0 radical (unpaired) electrons. The van der Waals surface area contributed by atoms with E-state index in [0.29, 0.717) is 20.9 Å². The van der Waals surface area contributed by atoms with E-state index < -0.39 is 0 Å². The highest BCUT2D eigenvalue weighted by Crippen LogP contribution is 2.34. The van der Waals surface area contributed by atoms with Gasteiger partial charge in [-0.25, -0.2) is 9.98 Å². The Hall–Kier alpha value is -2.31. The topological polar surface area (TPSA) is 54.8 Å². The van der Waals surface area contributed by atoms with Crippen LogP contribution in [0.2, 0.25) is 5.15 Å². The third-order valence-corrected chi connectivity index (χ3v) is 4.70. The second kappa shape index (κ2) is 7.07. The molecule has 0 bridgehead atoms. The Kier molecular flexibility index (Phi) is 4.87. The van der Waals surface area contributed by atoms with Crippen molar-refractivity contribution in [3.8, 4) is 5.75 Å². The summed E-state index contributed by atoms with van der Waals surface area (Å²) in [7, 11) is 3.29. The number of aromatic nitrogens is 1. The van der Waals surface area contributed by atoms with Crippen LogP contribution in [0.25, 0.3) is 6.08 Å². The number of carbonyl (C=O) groups excluding carboxylic acids is 1. The molecule has 0 unspecified atom stereocenters. The lowest BCUT2D eigenvalue weighted by Gasteiger charge is -2.07. The summed E-state index contributed by atoms with van der Waals surface area (Å²) in [6, 6.07) is 11.0. The van der Waals surface area contributed by atoms with Crippen LogP contribution in [0.1, 0.15) is 5.56 Å². The standard InChI is InChI=1S/C17H14ClN3O2S/c1-21-16(22)14(10-11-5-3-6-12(9-11)23-2)24-17(21)20-13-7-4-8-19-15(13)18/h3-10H,1-2H3/b14-10-,20-17?. The van der Waals surface area contributed by atoms with E-state index in [1.807, 2.05) is 30.3 Å². The summed E-state index contributed by atoms with van der Waals surface area (Å²) in [5, 5.41) is 0.862. The number of amidine groups is 1. The molecule has 1 aromatic heterocycles. The first-order valence-electron chi connectivity index (χ1n) is 7.09. The number of carbonyl (C=O) groups is 1. The van der Waals surface area contributed by atoms with E-state index >= 15 is 0 Å². The minimum atomic E-state index is -0.110. The van der Waals surface area contributed by atoms with Gasteiger partial charge in [0.25, 0.3) is 5.91 Å². The number of pyridine rings is 1. The van der Waals surface area contributed by atoms with Gasteiger partial charge in [-0.05, 0) is 47.7 Å². The molecule has 0 saturated carbocycles. The average Bonchev–Trinajstić information content (AvgIpc) is 2.85. The predicted octanol–water partition coefficient (Wildman–Crippen LogP) is 3.98. The van der Waals surface area contributed by atoms with Gasteiger partial charge >= 0.3 is 0 Å². The molecule has 0 aliphatic carbocycles. The van der Waals surface area contributed by atoms with Crippen molar-refractivity contribution in [3.05, 3.63) is 58.2 Å². The summed E-state index contributed by atoms with van der Waals surface area (Å²) in [6.45, 7) is 0. The van der Waals surface area contributed by atoms with Crippen LogP contribution in [0, 0.1) is 0 Å². The lowest BCUT2D eigenvalue weighted by Crippen LogP contribution is -2.23. The summed E-state index contributed by atoms with van der Waals surface area (Å²) < 4.78 is 5.20. The first-order chi connectivity index (χ1) is 11.6. The summed E-state index contributed by atoms with van der Waals surface area (Å²) in [6.07, 6.45) is 3.41. The van der Waals surface area contributed by atoms with E-state index in [1.165, 1.54) is 16.7 Å². The molecule has 2 heterocycles. The third kappa shape index (κ3) is 3.44. The van der Waals surface area contributed by atoms with E-state index in [9.17, 15) is 4.79 Å². The molecular formula is C17H14ClN3O2S. The molecule has 24 heavy (non-hydrogen) atoms. The Labute approximate surface area is 149 Å². The Bertz CT molecular complexity index is 851. The highest BCUT2D eigenvalue weighted by molar-refractivity contribution is 8.18. The van der Waals surface area contributed by atoms with Crippen molar-refractivity contribution in [1.29, 1.82) is 0 Å². The van der Waals surface area contributed by atoms with Gasteiger partial charge < -0.3 is 4.74 Å². The normalized spacial score (nSPS) is 17.8. The molecule has 1 aliphatic heterocycles. The fraction of sp³-hybridized carbons (Fsp3) is 0.118. The summed E-state index contributed by atoms with van der Waals surface area (Å²) in [4.78, 5) is 22.9. The van der Waals surface area contributed by atoms with E-state index in [1.54, 1.807) is 32.5 Å². The first kappa shape index (κ1) is 16.5. The van der Waals surface area contributed by atoms with Gasteiger partial charge in [-0.15, -0.1) is 0 Å². The summed E-state index contributed by atoms with van der Waals surface area (Å²) >= 11 is 7.33. The zero-order valence-corrected chi connectivity index (χ0v) is 14.6. The second-order valence-electron chi connectivity index (χ2n) is 4.96. The third-order valence-electron chi connectivity index (χ3n) is 3.35. The number of nitrogens with zero attached hydrogens (tertiary/aromatic N) is 3. The zero-order valence-electron chi connectivity index (χ0n) is 13.1. The molecule has 0 atom stereocenters. The van der Waals surface area contributed by atoms with Crippen molar-refractivity contribution >= 4 is 46.2 Å². The maximum Gasteiger partial charge on any atom is 0.266 e. The highest BCUT2D eigenvalue weighted by atomic mass is 35.5. The van der Waals surface area contributed by atoms with Crippen LogP contribution < -0.4 is 4.74 Å². The number of aliphatic imine (C=N–C) groups is 1. The molecule has 1 aromatic carbocycles. The molecule has 1 fully saturated rings. The maximum absolute atomic E-state index is 12.4. The Morgan fingerprint density at radius 2 is 2.17 bits per heavy atom. The van der Waals surface area contributed by atoms with Crippen LogP contribution in [-0.2, 0) is 4.79 Å². The number of benzene rings is 1. The highest BCUT2D eigenvalue weighted by Gasteiger charge is 2.30. The van der Waals surface area contributed by atoms with Crippen molar-refractivity contribution in [2.45, 2.75) is 0 Å². The minimum absolute atomic E-state index is 0.110. The maximum atomic E-state index is 12.4. The van der Waals surface area contributed by atoms with Crippen LogP contribution in [-0.4, -0.2) is 35.1 Å². The minimum Gasteiger partial charge on any atom is -0.497 e. The van der Waals surface area contributed by atoms with Crippen LogP contribution in [0.3, 0.4) is 0 Å². The average molecular weight is 360 g/mol. The van der Waals surface area contributed by atoms with Crippen LogP contribution in [0.15, 0.2) is 52.5 Å². The second-order valence-corrected chi connectivity index (χ2v) is 6.33. The Balaban J connectivity index is 1.91. The quantitative estimate of drug-likeness (QED) is 0.614. The van der Waals surface area contributed by atoms with Gasteiger partial charge in [0, 0.05) is 13.2 Å².